The van der Waals surface area contributed by atoms with Gasteiger partial charge in [-0.2, -0.15) is 0 Å². The van der Waals surface area contributed by atoms with E-state index in [4.69, 9.17) is 9.41 Å². The van der Waals surface area contributed by atoms with Crippen molar-refractivity contribution in [1.82, 2.24) is 10.3 Å². The van der Waals surface area contributed by atoms with Crippen molar-refractivity contribution in [3.05, 3.63) is 90.8 Å². The van der Waals surface area contributed by atoms with Crippen molar-refractivity contribution in [1.29, 1.82) is 0 Å². The first-order valence-corrected chi connectivity index (χ1v) is 16.4. The van der Waals surface area contributed by atoms with E-state index in [0.29, 0.717) is 5.92 Å². The second kappa shape index (κ2) is 12.1. The number of nitrogens with zero attached hydrogens (tertiary/aromatic N) is 3. The molecule has 1 N–H and O–H groups in total. The van der Waals surface area contributed by atoms with Crippen molar-refractivity contribution >= 4 is 30.2 Å². The van der Waals surface area contributed by atoms with Crippen molar-refractivity contribution in [2.24, 2.45) is 5.92 Å². The van der Waals surface area contributed by atoms with E-state index >= 15 is 0 Å². The Morgan fingerprint density at radius 3 is 2.10 bits per heavy atom. The van der Waals surface area contributed by atoms with Crippen LogP contribution >= 0.6 is 0 Å². The molecule has 2 aliphatic heterocycles. The molecule has 5 rings (SSSR count). The fourth-order valence-electron chi connectivity index (χ4n) is 6.28. The number of pyridine rings is 1. The molecule has 0 amide bonds. The zero-order valence-electron chi connectivity index (χ0n) is 24.1. The highest BCUT2D eigenvalue weighted by atomic mass is 28.4. The van der Waals surface area contributed by atoms with Crippen LogP contribution in [-0.4, -0.2) is 46.2 Å². The number of aryl methyl sites for hydroxylation is 1. The summed E-state index contributed by atoms with van der Waals surface area (Å²) in [5.41, 5.74) is 2.26. The van der Waals surface area contributed by atoms with E-state index in [9.17, 15) is 0 Å². The molecule has 1 saturated heterocycles. The number of nitrogens with one attached hydrogen (secondary N) is 1. The molecular weight excluding hydrogens is 496 g/mol. The van der Waals surface area contributed by atoms with E-state index in [1.54, 1.807) is 0 Å². The van der Waals surface area contributed by atoms with Gasteiger partial charge in [0.1, 0.15) is 5.82 Å². The molecule has 39 heavy (non-hydrogen) atoms. The maximum atomic E-state index is 7.16. The second-order valence-corrected chi connectivity index (χ2v) is 16.3. The first-order valence-electron chi connectivity index (χ1n) is 14.5. The van der Waals surface area contributed by atoms with Crippen LogP contribution in [0.1, 0.15) is 45.7 Å². The monoisotopic (exact) mass is 540 g/mol. The van der Waals surface area contributed by atoms with E-state index in [2.05, 4.69) is 128 Å². The number of anilines is 2. The molecule has 206 valence electrons. The van der Waals surface area contributed by atoms with Crippen molar-refractivity contribution < 1.29 is 4.43 Å². The minimum absolute atomic E-state index is 0.0226. The molecule has 3 aromatic rings. The average Bonchev–Trinajstić information content (AvgIpc) is 2.96. The summed E-state index contributed by atoms with van der Waals surface area (Å²) in [5, 5.41) is 6.13. The first kappa shape index (κ1) is 27.6. The number of piperidine rings is 1. The van der Waals surface area contributed by atoms with Gasteiger partial charge in [-0.25, -0.2) is 4.98 Å². The normalized spacial score (nSPS) is 17.0. The maximum absolute atomic E-state index is 7.16. The number of hydrogen-bond acceptors (Lipinski definition) is 5. The van der Waals surface area contributed by atoms with Crippen molar-refractivity contribution in [3.8, 4) is 0 Å². The molecule has 0 saturated carbocycles. The Morgan fingerprint density at radius 1 is 0.923 bits per heavy atom. The Hall–Kier alpha value is -2.93. The Kier molecular flexibility index (Phi) is 8.55. The van der Waals surface area contributed by atoms with Gasteiger partial charge in [0, 0.05) is 32.4 Å². The van der Waals surface area contributed by atoms with E-state index in [1.165, 1.54) is 28.9 Å². The van der Waals surface area contributed by atoms with Crippen molar-refractivity contribution in [2.45, 2.75) is 52.0 Å². The number of aromatic nitrogens is 1. The largest absolute Gasteiger partial charge is 0.407 e. The third kappa shape index (κ3) is 5.98. The number of rotatable bonds is 8. The summed E-state index contributed by atoms with van der Waals surface area (Å²) in [7, 11) is -2.46. The lowest BCUT2D eigenvalue weighted by Gasteiger charge is -2.43. The van der Waals surface area contributed by atoms with E-state index in [-0.39, 0.29) is 5.04 Å². The van der Waals surface area contributed by atoms with Gasteiger partial charge in [0.05, 0.1) is 18.1 Å². The van der Waals surface area contributed by atoms with E-state index in [0.717, 1.165) is 50.8 Å². The Bertz CT molecular complexity index is 1190. The Balaban J connectivity index is 1.23. The fourth-order valence-corrected chi connectivity index (χ4v) is 10.9. The van der Waals surface area contributed by atoms with Crippen LogP contribution in [-0.2, 0) is 4.43 Å². The molecule has 6 heteroatoms. The summed E-state index contributed by atoms with van der Waals surface area (Å²) in [6.45, 7) is 13.9. The third-order valence-corrected chi connectivity index (χ3v) is 13.4. The first-order chi connectivity index (χ1) is 18.9. The summed E-state index contributed by atoms with van der Waals surface area (Å²) in [5.74, 6) is 1.79. The third-order valence-electron chi connectivity index (χ3n) is 8.38. The number of hydrogen-bond donors (Lipinski definition) is 1. The maximum Gasteiger partial charge on any atom is 0.261 e. The fraction of sp³-hybridized carbons (Fsp3) is 0.424. The van der Waals surface area contributed by atoms with Gasteiger partial charge < -0.3 is 14.2 Å². The Labute approximate surface area is 236 Å². The minimum atomic E-state index is -2.46. The summed E-state index contributed by atoms with van der Waals surface area (Å²) in [4.78, 5) is 9.68. The standard InChI is InChI=1S/C33H44N4OSi/c1-27-31(37-22-11-21-34-26-37)16-17-32(35-27)36-23-18-28(19-24-36)20-25-38-39(33(2,3)4,29-12-7-5-8-13-29)30-14-9-6-10-15-30/h5-17,22,28,34H,18-21,23-26H2,1-4H3. The Morgan fingerprint density at radius 2 is 1.56 bits per heavy atom. The molecule has 0 bridgehead atoms. The molecule has 0 spiro atoms. The van der Waals surface area contributed by atoms with Gasteiger partial charge >= 0.3 is 0 Å². The lowest BCUT2D eigenvalue weighted by atomic mass is 9.94. The van der Waals surface area contributed by atoms with Crippen LogP contribution in [0.15, 0.2) is 85.1 Å². The highest BCUT2D eigenvalue weighted by Crippen LogP contribution is 2.37. The summed E-state index contributed by atoms with van der Waals surface area (Å²) >= 11 is 0. The van der Waals surface area contributed by atoms with Gasteiger partial charge in [-0.05, 0) is 59.6 Å². The predicted molar refractivity (Wildman–Crippen MR) is 167 cm³/mol. The second-order valence-electron chi connectivity index (χ2n) is 12.0. The minimum Gasteiger partial charge on any atom is -0.407 e. The van der Waals surface area contributed by atoms with Crippen LogP contribution in [0.25, 0.3) is 0 Å². The zero-order chi connectivity index (χ0) is 27.3. The smallest absolute Gasteiger partial charge is 0.261 e. The predicted octanol–water partition coefficient (Wildman–Crippen LogP) is 5.45. The van der Waals surface area contributed by atoms with Crippen LogP contribution < -0.4 is 25.5 Å². The molecular formula is C33H44N4OSi. The van der Waals surface area contributed by atoms with Gasteiger partial charge in [0.15, 0.2) is 0 Å². The molecule has 0 unspecified atom stereocenters. The molecule has 2 aromatic carbocycles. The van der Waals surface area contributed by atoms with Gasteiger partial charge in [-0.15, -0.1) is 0 Å². The molecule has 0 aliphatic carbocycles. The lowest BCUT2D eigenvalue weighted by molar-refractivity contribution is 0.246. The molecule has 1 aromatic heterocycles. The van der Waals surface area contributed by atoms with Crippen LogP contribution in [0.5, 0.6) is 0 Å². The highest BCUT2D eigenvalue weighted by Gasteiger charge is 2.50. The van der Waals surface area contributed by atoms with Crippen LogP contribution in [0, 0.1) is 12.8 Å². The molecule has 0 radical (unpaired) electrons. The quantitative estimate of drug-likeness (QED) is 0.385. The summed E-state index contributed by atoms with van der Waals surface area (Å²) < 4.78 is 7.16. The molecule has 3 heterocycles. The van der Waals surface area contributed by atoms with Crippen LogP contribution in [0.2, 0.25) is 5.04 Å². The molecule has 2 aliphatic rings. The van der Waals surface area contributed by atoms with Crippen molar-refractivity contribution in [3.63, 3.8) is 0 Å². The number of benzene rings is 2. The van der Waals surface area contributed by atoms with Crippen LogP contribution in [0.4, 0.5) is 11.5 Å². The van der Waals surface area contributed by atoms with Gasteiger partial charge in [0.25, 0.3) is 8.32 Å². The molecule has 1 fully saturated rings. The SMILES string of the molecule is Cc1nc(N2CCC(CCO[Si](c3ccccc3)(c3ccccc3)C(C)(C)C)CC2)ccc1N1C=CCNC1. The van der Waals surface area contributed by atoms with E-state index in [1.807, 2.05) is 0 Å². The molecule has 0 atom stereocenters. The van der Waals surface area contributed by atoms with Gasteiger partial charge in [-0.3, -0.25) is 5.32 Å². The van der Waals surface area contributed by atoms with Crippen molar-refractivity contribution in [2.75, 3.05) is 42.7 Å². The summed E-state index contributed by atoms with van der Waals surface area (Å²) in [6, 6.07) is 26.4. The topological polar surface area (TPSA) is 40.6 Å². The highest BCUT2D eigenvalue weighted by molar-refractivity contribution is 6.99. The van der Waals surface area contributed by atoms with Gasteiger partial charge in [-0.1, -0.05) is 87.5 Å². The summed E-state index contributed by atoms with van der Waals surface area (Å²) in [6.07, 6.45) is 7.79. The van der Waals surface area contributed by atoms with Crippen LogP contribution in [0.3, 0.4) is 0 Å². The lowest BCUT2D eigenvalue weighted by Crippen LogP contribution is -2.66. The van der Waals surface area contributed by atoms with E-state index < -0.39 is 8.32 Å². The zero-order valence-corrected chi connectivity index (χ0v) is 25.1. The average molecular weight is 541 g/mol. The van der Waals surface area contributed by atoms with Gasteiger partial charge in [0.2, 0.25) is 0 Å². The molecule has 5 nitrogen and oxygen atoms in total.